The third-order valence-electron chi connectivity index (χ3n) is 4.44. The Morgan fingerprint density at radius 2 is 2.10 bits per heavy atom. The van der Waals surface area contributed by atoms with Gasteiger partial charge in [-0.1, -0.05) is 24.3 Å². The van der Waals surface area contributed by atoms with Gasteiger partial charge in [-0.15, -0.1) is 0 Å². The molecule has 0 bridgehead atoms. The van der Waals surface area contributed by atoms with E-state index >= 15 is 0 Å². The predicted molar refractivity (Wildman–Crippen MR) is 83.6 cm³/mol. The molecule has 0 aliphatic heterocycles. The van der Waals surface area contributed by atoms with Crippen LogP contribution in [-0.4, -0.2) is 16.9 Å². The third kappa shape index (κ3) is 2.33. The minimum Gasteiger partial charge on any atom is -0.493 e. The molecule has 1 aromatic heterocycles. The normalized spacial score (nSPS) is 18.8. The van der Waals surface area contributed by atoms with Gasteiger partial charge >= 0.3 is 0 Å². The average Bonchev–Trinajstić information content (AvgIpc) is 3.10. The Balaban J connectivity index is 2.00. The molecule has 0 fully saturated rings. The Labute approximate surface area is 125 Å². The highest BCUT2D eigenvalue weighted by molar-refractivity contribution is 5.39. The molecule has 1 aliphatic carbocycles. The van der Waals surface area contributed by atoms with Crippen molar-refractivity contribution in [2.24, 2.45) is 5.73 Å². The predicted octanol–water partition coefficient (Wildman–Crippen LogP) is 3.20. The first kappa shape index (κ1) is 14.1. The molecule has 2 aromatic rings. The van der Waals surface area contributed by atoms with E-state index in [2.05, 4.69) is 43.2 Å². The van der Waals surface area contributed by atoms with Crippen molar-refractivity contribution >= 4 is 0 Å². The van der Waals surface area contributed by atoms with Crippen LogP contribution in [0.5, 0.6) is 5.75 Å². The summed E-state index contributed by atoms with van der Waals surface area (Å²) < 4.78 is 7.47. The number of nitrogens with zero attached hydrogens (tertiary/aromatic N) is 2. The van der Waals surface area contributed by atoms with Crippen LogP contribution in [0.3, 0.4) is 0 Å². The monoisotopic (exact) mass is 285 g/mol. The van der Waals surface area contributed by atoms with E-state index in [1.165, 1.54) is 11.1 Å². The maximum Gasteiger partial charge on any atom is 0.161 e. The number of benzene rings is 1. The summed E-state index contributed by atoms with van der Waals surface area (Å²) >= 11 is 0. The van der Waals surface area contributed by atoms with Crippen molar-refractivity contribution in [1.82, 2.24) is 9.78 Å². The van der Waals surface area contributed by atoms with Crippen LogP contribution in [0.25, 0.3) is 0 Å². The van der Waals surface area contributed by atoms with E-state index < -0.39 is 0 Å². The lowest BCUT2D eigenvalue weighted by molar-refractivity contribution is 0.386. The lowest BCUT2D eigenvalue weighted by Gasteiger charge is -2.23. The first-order chi connectivity index (χ1) is 10.1. The van der Waals surface area contributed by atoms with Gasteiger partial charge in [0.2, 0.25) is 0 Å². The highest BCUT2D eigenvalue weighted by atomic mass is 16.5. The molecule has 112 valence electrons. The molecule has 0 saturated carbocycles. The van der Waals surface area contributed by atoms with Gasteiger partial charge < -0.3 is 10.5 Å². The van der Waals surface area contributed by atoms with Gasteiger partial charge in [-0.25, -0.2) is 0 Å². The Kier molecular flexibility index (Phi) is 3.72. The standard InChI is InChI=1S/C17H23N3O/c1-11(2)20-17(15(21-3)10-19-20)16(18)14-9-8-12-6-4-5-7-13(12)14/h4-7,10-11,14,16H,8-9,18H2,1-3H3. The molecule has 4 nitrogen and oxygen atoms in total. The molecule has 0 spiro atoms. The molecule has 2 unspecified atom stereocenters. The van der Waals surface area contributed by atoms with Gasteiger partial charge in [0, 0.05) is 12.0 Å². The van der Waals surface area contributed by atoms with E-state index in [1.807, 2.05) is 4.68 Å². The molecule has 3 rings (SSSR count). The van der Waals surface area contributed by atoms with Crippen molar-refractivity contribution in [3.63, 3.8) is 0 Å². The molecule has 2 N–H and O–H groups in total. The third-order valence-corrected chi connectivity index (χ3v) is 4.44. The van der Waals surface area contributed by atoms with Gasteiger partial charge in [0.15, 0.2) is 5.75 Å². The van der Waals surface area contributed by atoms with Crippen LogP contribution in [-0.2, 0) is 6.42 Å². The van der Waals surface area contributed by atoms with Crippen LogP contribution in [0.2, 0.25) is 0 Å². The SMILES string of the molecule is COc1cnn(C(C)C)c1C(N)C1CCc2ccccc21. The zero-order valence-corrected chi connectivity index (χ0v) is 12.9. The van der Waals surface area contributed by atoms with Crippen LogP contribution >= 0.6 is 0 Å². The average molecular weight is 285 g/mol. The van der Waals surface area contributed by atoms with Crippen molar-refractivity contribution in [2.45, 2.75) is 44.7 Å². The number of hydrogen-bond donors (Lipinski definition) is 1. The van der Waals surface area contributed by atoms with Crippen LogP contribution in [0, 0.1) is 0 Å². The zero-order valence-electron chi connectivity index (χ0n) is 12.9. The lowest BCUT2D eigenvalue weighted by Crippen LogP contribution is -2.23. The smallest absolute Gasteiger partial charge is 0.161 e. The molecule has 0 saturated heterocycles. The second-order valence-electron chi connectivity index (χ2n) is 6.01. The highest BCUT2D eigenvalue weighted by Crippen LogP contribution is 2.42. The van der Waals surface area contributed by atoms with Crippen LogP contribution in [0.4, 0.5) is 0 Å². The fourth-order valence-electron chi connectivity index (χ4n) is 3.40. The zero-order chi connectivity index (χ0) is 15.0. The van der Waals surface area contributed by atoms with Gasteiger partial charge in [0.1, 0.15) is 0 Å². The summed E-state index contributed by atoms with van der Waals surface area (Å²) in [4.78, 5) is 0. The van der Waals surface area contributed by atoms with Crippen molar-refractivity contribution in [3.05, 3.63) is 47.3 Å². The van der Waals surface area contributed by atoms with Crippen molar-refractivity contribution in [2.75, 3.05) is 7.11 Å². The number of ether oxygens (including phenoxy) is 1. The Morgan fingerprint density at radius 1 is 1.33 bits per heavy atom. The van der Waals surface area contributed by atoms with Gasteiger partial charge in [-0.05, 0) is 37.8 Å². The fourth-order valence-corrected chi connectivity index (χ4v) is 3.40. The molecule has 2 atom stereocenters. The van der Waals surface area contributed by atoms with Gasteiger partial charge in [-0.3, -0.25) is 4.68 Å². The van der Waals surface area contributed by atoms with Crippen molar-refractivity contribution in [3.8, 4) is 5.75 Å². The van der Waals surface area contributed by atoms with Crippen LogP contribution in [0.1, 0.15) is 55.1 Å². The van der Waals surface area contributed by atoms with Crippen molar-refractivity contribution < 1.29 is 4.74 Å². The number of nitrogens with two attached hydrogens (primary N) is 1. The number of rotatable bonds is 4. The number of aromatic nitrogens is 2. The largest absolute Gasteiger partial charge is 0.493 e. The number of fused-ring (bicyclic) bond motifs is 1. The van der Waals surface area contributed by atoms with E-state index in [1.54, 1.807) is 13.3 Å². The topological polar surface area (TPSA) is 53.1 Å². The first-order valence-electron chi connectivity index (χ1n) is 7.58. The number of methoxy groups -OCH3 is 1. The quantitative estimate of drug-likeness (QED) is 0.938. The first-order valence-corrected chi connectivity index (χ1v) is 7.58. The molecular weight excluding hydrogens is 262 g/mol. The second kappa shape index (κ2) is 5.53. The van der Waals surface area contributed by atoms with E-state index in [0.717, 1.165) is 24.3 Å². The summed E-state index contributed by atoms with van der Waals surface area (Å²) in [6.45, 7) is 4.23. The minimum atomic E-state index is -0.0894. The number of aryl methyl sites for hydroxylation is 1. The molecule has 0 amide bonds. The van der Waals surface area contributed by atoms with Crippen LogP contribution in [0.15, 0.2) is 30.5 Å². The molecule has 1 heterocycles. The second-order valence-corrected chi connectivity index (χ2v) is 6.01. The molecule has 4 heteroatoms. The van der Waals surface area contributed by atoms with E-state index in [9.17, 15) is 0 Å². The molecule has 21 heavy (non-hydrogen) atoms. The Bertz CT molecular complexity index is 633. The van der Waals surface area contributed by atoms with E-state index in [0.29, 0.717) is 5.92 Å². The molecule has 1 aliphatic rings. The van der Waals surface area contributed by atoms with Gasteiger partial charge in [-0.2, -0.15) is 5.10 Å². The van der Waals surface area contributed by atoms with Crippen molar-refractivity contribution in [1.29, 1.82) is 0 Å². The summed E-state index contributed by atoms with van der Waals surface area (Å²) in [6.07, 6.45) is 3.97. The summed E-state index contributed by atoms with van der Waals surface area (Å²) in [5.74, 6) is 1.13. The van der Waals surface area contributed by atoms with Crippen LogP contribution < -0.4 is 10.5 Å². The summed E-state index contributed by atoms with van der Waals surface area (Å²) in [6, 6.07) is 8.79. The van der Waals surface area contributed by atoms with Gasteiger partial charge in [0.05, 0.1) is 25.0 Å². The maximum atomic E-state index is 6.63. The highest BCUT2D eigenvalue weighted by Gasteiger charge is 2.32. The van der Waals surface area contributed by atoms with Gasteiger partial charge in [0.25, 0.3) is 0 Å². The minimum absolute atomic E-state index is 0.0894. The molecular formula is C17H23N3O. The summed E-state index contributed by atoms with van der Waals surface area (Å²) in [7, 11) is 1.68. The summed E-state index contributed by atoms with van der Waals surface area (Å²) in [5.41, 5.74) is 10.4. The van der Waals surface area contributed by atoms with E-state index in [-0.39, 0.29) is 12.1 Å². The fraction of sp³-hybridized carbons (Fsp3) is 0.471. The Hall–Kier alpha value is -1.81. The lowest BCUT2D eigenvalue weighted by atomic mass is 9.91. The summed E-state index contributed by atoms with van der Waals surface area (Å²) in [5, 5.41) is 4.45. The maximum absolute atomic E-state index is 6.63. The molecule has 0 radical (unpaired) electrons. The molecule has 1 aromatic carbocycles. The Morgan fingerprint density at radius 3 is 2.81 bits per heavy atom. The number of hydrogen-bond acceptors (Lipinski definition) is 3. The van der Waals surface area contributed by atoms with E-state index in [4.69, 9.17) is 10.5 Å².